The lowest BCUT2D eigenvalue weighted by atomic mass is 10.1. The van der Waals surface area contributed by atoms with E-state index in [1.807, 2.05) is 0 Å². The summed E-state index contributed by atoms with van der Waals surface area (Å²) in [5, 5.41) is 11.4. The third-order valence-corrected chi connectivity index (χ3v) is 2.92. The molecule has 0 saturated heterocycles. The SMILES string of the molecule is Cc1ccc(CCc2nnc(CNC(C)C)o2)cc1. The van der Waals surface area contributed by atoms with Crippen LogP contribution in [-0.4, -0.2) is 16.2 Å². The Hall–Kier alpha value is -1.68. The molecule has 1 N–H and O–H groups in total. The van der Waals surface area contributed by atoms with Crippen LogP contribution >= 0.6 is 0 Å². The zero-order valence-corrected chi connectivity index (χ0v) is 11.8. The van der Waals surface area contributed by atoms with Gasteiger partial charge in [-0.2, -0.15) is 0 Å². The summed E-state index contributed by atoms with van der Waals surface area (Å²) in [7, 11) is 0. The number of rotatable bonds is 6. The van der Waals surface area contributed by atoms with Crippen LogP contribution < -0.4 is 5.32 Å². The van der Waals surface area contributed by atoms with Crippen LogP contribution in [0.5, 0.6) is 0 Å². The second-order valence-electron chi connectivity index (χ2n) is 5.11. The van der Waals surface area contributed by atoms with Gasteiger partial charge in [0.2, 0.25) is 11.8 Å². The minimum Gasteiger partial charge on any atom is -0.424 e. The fourth-order valence-electron chi connectivity index (χ4n) is 1.76. The topological polar surface area (TPSA) is 51.0 Å². The van der Waals surface area contributed by atoms with Crippen LogP contribution in [0.2, 0.25) is 0 Å². The number of aryl methyl sites for hydroxylation is 3. The molecule has 0 aliphatic heterocycles. The van der Waals surface area contributed by atoms with Crippen LogP contribution in [0.15, 0.2) is 28.7 Å². The smallest absolute Gasteiger partial charge is 0.230 e. The van der Waals surface area contributed by atoms with Gasteiger partial charge in [-0.25, -0.2) is 0 Å². The van der Waals surface area contributed by atoms with Crippen LogP contribution in [-0.2, 0) is 19.4 Å². The van der Waals surface area contributed by atoms with Crippen molar-refractivity contribution in [1.82, 2.24) is 15.5 Å². The molecule has 1 aromatic heterocycles. The quantitative estimate of drug-likeness (QED) is 0.866. The lowest BCUT2D eigenvalue weighted by molar-refractivity contribution is 0.421. The van der Waals surface area contributed by atoms with Crippen LogP contribution in [0.3, 0.4) is 0 Å². The Morgan fingerprint density at radius 1 is 1.05 bits per heavy atom. The molecular weight excluding hydrogens is 238 g/mol. The molecular formula is C15H21N3O. The second kappa shape index (κ2) is 6.48. The molecule has 0 amide bonds. The number of benzene rings is 1. The Labute approximate surface area is 114 Å². The first-order chi connectivity index (χ1) is 9.13. The summed E-state index contributed by atoms with van der Waals surface area (Å²) in [5.74, 6) is 1.37. The third-order valence-electron chi connectivity index (χ3n) is 2.92. The normalized spacial score (nSPS) is 11.2. The van der Waals surface area contributed by atoms with E-state index in [4.69, 9.17) is 4.42 Å². The van der Waals surface area contributed by atoms with E-state index >= 15 is 0 Å². The third kappa shape index (κ3) is 4.48. The number of nitrogens with zero attached hydrogens (tertiary/aromatic N) is 2. The van der Waals surface area contributed by atoms with Gasteiger partial charge in [-0.3, -0.25) is 0 Å². The maximum atomic E-state index is 5.59. The highest BCUT2D eigenvalue weighted by Crippen LogP contribution is 2.08. The Balaban J connectivity index is 1.84. The molecule has 102 valence electrons. The first-order valence-corrected chi connectivity index (χ1v) is 6.73. The molecule has 0 radical (unpaired) electrons. The maximum absolute atomic E-state index is 5.59. The summed E-state index contributed by atoms with van der Waals surface area (Å²) >= 11 is 0. The average molecular weight is 259 g/mol. The van der Waals surface area contributed by atoms with Crippen LogP contribution in [0.4, 0.5) is 0 Å². The lowest BCUT2D eigenvalue weighted by Gasteiger charge is -2.03. The van der Waals surface area contributed by atoms with Crippen molar-refractivity contribution in [3.63, 3.8) is 0 Å². The van der Waals surface area contributed by atoms with Crippen molar-refractivity contribution in [1.29, 1.82) is 0 Å². The summed E-state index contributed by atoms with van der Waals surface area (Å²) in [6.45, 7) is 6.91. The molecule has 0 bridgehead atoms. The number of aromatic nitrogens is 2. The molecule has 0 atom stereocenters. The molecule has 1 heterocycles. The number of hydrogen-bond donors (Lipinski definition) is 1. The maximum Gasteiger partial charge on any atom is 0.230 e. The van der Waals surface area contributed by atoms with E-state index in [1.54, 1.807) is 0 Å². The van der Waals surface area contributed by atoms with Gasteiger partial charge in [0.15, 0.2) is 0 Å². The minimum atomic E-state index is 0.419. The van der Waals surface area contributed by atoms with Crippen molar-refractivity contribution in [3.8, 4) is 0 Å². The Bertz CT molecular complexity index is 502. The van der Waals surface area contributed by atoms with Crippen molar-refractivity contribution in [2.45, 2.75) is 46.2 Å². The number of nitrogens with one attached hydrogen (secondary N) is 1. The molecule has 0 aliphatic carbocycles. The van der Waals surface area contributed by atoms with Gasteiger partial charge >= 0.3 is 0 Å². The van der Waals surface area contributed by atoms with Crippen molar-refractivity contribution >= 4 is 0 Å². The minimum absolute atomic E-state index is 0.419. The Morgan fingerprint density at radius 2 is 1.74 bits per heavy atom. The molecule has 0 saturated carbocycles. The summed E-state index contributed by atoms with van der Waals surface area (Å²) in [6.07, 6.45) is 1.72. The first kappa shape index (κ1) is 13.7. The van der Waals surface area contributed by atoms with Gasteiger partial charge in [-0.05, 0) is 18.9 Å². The molecule has 4 heteroatoms. The van der Waals surface area contributed by atoms with Gasteiger partial charge in [-0.1, -0.05) is 43.7 Å². The molecule has 0 fully saturated rings. The second-order valence-corrected chi connectivity index (χ2v) is 5.11. The summed E-state index contributed by atoms with van der Waals surface area (Å²) < 4.78 is 5.59. The van der Waals surface area contributed by atoms with Gasteiger partial charge in [0.1, 0.15) is 0 Å². The fourth-order valence-corrected chi connectivity index (χ4v) is 1.76. The lowest BCUT2D eigenvalue weighted by Crippen LogP contribution is -2.21. The Morgan fingerprint density at radius 3 is 2.42 bits per heavy atom. The standard InChI is InChI=1S/C15H21N3O/c1-11(2)16-10-15-18-17-14(19-15)9-8-13-6-4-12(3)5-7-13/h4-7,11,16H,8-10H2,1-3H3. The van der Waals surface area contributed by atoms with Crippen LogP contribution in [0.1, 0.15) is 36.8 Å². The predicted octanol–water partition coefficient (Wildman–Crippen LogP) is 2.66. The molecule has 2 rings (SSSR count). The molecule has 0 unspecified atom stereocenters. The summed E-state index contributed by atoms with van der Waals surface area (Å²) in [4.78, 5) is 0. The first-order valence-electron chi connectivity index (χ1n) is 6.73. The molecule has 2 aromatic rings. The summed E-state index contributed by atoms with van der Waals surface area (Å²) in [5.41, 5.74) is 2.58. The molecule has 1 aromatic carbocycles. The van der Waals surface area contributed by atoms with Gasteiger partial charge in [0.25, 0.3) is 0 Å². The van der Waals surface area contributed by atoms with E-state index in [0.29, 0.717) is 24.4 Å². The van der Waals surface area contributed by atoms with Crippen LogP contribution in [0, 0.1) is 6.92 Å². The molecule has 4 nitrogen and oxygen atoms in total. The van der Waals surface area contributed by atoms with Crippen molar-refractivity contribution in [2.24, 2.45) is 0 Å². The van der Waals surface area contributed by atoms with E-state index in [9.17, 15) is 0 Å². The van der Waals surface area contributed by atoms with Crippen molar-refractivity contribution in [3.05, 3.63) is 47.2 Å². The van der Waals surface area contributed by atoms with Gasteiger partial charge in [0, 0.05) is 12.5 Å². The predicted molar refractivity (Wildman–Crippen MR) is 74.9 cm³/mol. The molecule has 0 aliphatic rings. The van der Waals surface area contributed by atoms with Gasteiger partial charge in [-0.15, -0.1) is 10.2 Å². The highest BCUT2D eigenvalue weighted by Gasteiger charge is 2.06. The largest absolute Gasteiger partial charge is 0.424 e. The Kier molecular flexibility index (Phi) is 4.68. The van der Waals surface area contributed by atoms with E-state index < -0.39 is 0 Å². The van der Waals surface area contributed by atoms with Gasteiger partial charge < -0.3 is 9.73 Å². The van der Waals surface area contributed by atoms with E-state index in [-0.39, 0.29) is 0 Å². The van der Waals surface area contributed by atoms with E-state index in [2.05, 4.69) is 60.6 Å². The van der Waals surface area contributed by atoms with E-state index in [1.165, 1.54) is 11.1 Å². The monoisotopic (exact) mass is 259 g/mol. The van der Waals surface area contributed by atoms with Crippen molar-refractivity contribution in [2.75, 3.05) is 0 Å². The zero-order valence-electron chi connectivity index (χ0n) is 11.8. The summed E-state index contributed by atoms with van der Waals surface area (Å²) in [6, 6.07) is 8.96. The van der Waals surface area contributed by atoms with Crippen LogP contribution in [0.25, 0.3) is 0 Å². The highest BCUT2D eigenvalue weighted by atomic mass is 16.4. The number of hydrogen-bond acceptors (Lipinski definition) is 4. The average Bonchev–Trinajstić information content (AvgIpc) is 2.84. The van der Waals surface area contributed by atoms with E-state index in [0.717, 1.165) is 12.8 Å². The highest BCUT2D eigenvalue weighted by molar-refractivity contribution is 5.21. The molecule has 19 heavy (non-hydrogen) atoms. The van der Waals surface area contributed by atoms with Gasteiger partial charge in [0.05, 0.1) is 6.54 Å². The zero-order chi connectivity index (χ0) is 13.7. The fraction of sp³-hybridized carbons (Fsp3) is 0.467. The van der Waals surface area contributed by atoms with Crippen molar-refractivity contribution < 1.29 is 4.42 Å². The molecule has 0 spiro atoms.